The van der Waals surface area contributed by atoms with Crippen LogP contribution in [0.1, 0.15) is 21.5 Å². The molecule has 3 rings (SSSR count). The molecule has 0 unspecified atom stereocenters. The highest BCUT2D eigenvalue weighted by Gasteiger charge is 2.11. The number of nitrogens with zero attached hydrogens (tertiary/aromatic N) is 2. The maximum atomic E-state index is 12.3. The van der Waals surface area contributed by atoms with Crippen LogP contribution in [0.15, 0.2) is 36.5 Å². The van der Waals surface area contributed by atoms with Crippen molar-refractivity contribution in [2.24, 2.45) is 0 Å². The zero-order valence-electron chi connectivity index (χ0n) is 15.4. The smallest absolute Gasteiger partial charge is 0.253 e. The van der Waals surface area contributed by atoms with Gasteiger partial charge >= 0.3 is 0 Å². The zero-order valence-corrected chi connectivity index (χ0v) is 16.2. The number of carbonyl (C=O) groups is 1. The van der Waals surface area contributed by atoms with Gasteiger partial charge in [0.05, 0.1) is 18.8 Å². The molecule has 1 fully saturated rings. The highest BCUT2D eigenvalue weighted by atomic mass is 35.5. The topological polar surface area (TPSA) is 63.7 Å². The van der Waals surface area contributed by atoms with Gasteiger partial charge in [0.15, 0.2) is 0 Å². The summed E-state index contributed by atoms with van der Waals surface area (Å²) in [6.07, 6.45) is 1.52. The Kier molecular flexibility index (Phi) is 7.04. The number of benzene rings is 1. The first kappa shape index (κ1) is 19.6. The number of carbonyl (C=O) groups excluding carboxylic acids is 1. The lowest BCUT2D eigenvalue weighted by atomic mass is 10.1. The van der Waals surface area contributed by atoms with Crippen LogP contribution in [0.2, 0.25) is 5.02 Å². The number of hydrogen-bond donors (Lipinski definition) is 1. The summed E-state index contributed by atoms with van der Waals surface area (Å²) in [5.41, 5.74) is 2.45. The van der Waals surface area contributed by atoms with Crippen LogP contribution in [-0.2, 0) is 11.3 Å². The number of ether oxygens (including phenoxy) is 2. The van der Waals surface area contributed by atoms with E-state index in [9.17, 15) is 4.79 Å². The van der Waals surface area contributed by atoms with E-state index in [0.717, 1.165) is 44.0 Å². The first-order chi connectivity index (χ1) is 13.1. The third-order valence-corrected chi connectivity index (χ3v) is 4.76. The molecule has 1 aliphatic rings. The van der Waals surface area contributed by atoms with E-state index < -0.39 is 0 Å². The molecule has 2 heterocycles. The molecule has 0 radical (unpaired) electrons. The third kappa shape index (κ3) is 5.92. The van der Waals surface area contributed by atoms with Crippen LogP contribution in [0.5, 0.6) is 5.88 Å². The van der Waals surface area contributed by atoms with Gasteiger partial charge in [-0.3, -0.25) is 9.69 Å². The molecule has 6 nitrogen and oxygen atoms in total. The molecular weight excluding hydrogens is 366 g/mol. The van der Waals surface area contributed by atoms with Crippen LogP contribution in [0.4, 0.5) is 0 Å². The number of rotatable bonds is 7. The minimum absolute atomic E-state index is 0.195. The minimum atomic E-state index is -0.195. The maximum Gasteiger partial charge on any atom is 0.253 e. The largest absolute Gasteiger partial charge is 0.476 e. The molecule has 7 heteroatoms. The summed E-state index contributed by atoms with van der Waals surface area (Å²) < 4.78 is 11.0. The van der Waals surface area contributed by atoms with Crippen molar-refractivity contribution < 1.29 is 14.3 Å². The van der Waals surface area contributed by atoms with Gasteiger partial charge in [0.1, 0.15) is 6.61 Å². The average molecular weight is 390 g/mol. The number of hydrogen-bond acceptors (Lipinski definition) is 5. The Morgan fingerprint density at radius 1 is 1.30 bits per heavy atom. The Hall–Kier alpha value is -2.15. The van der Waals surface area contributed by atoms with E-state index in [2.05, 4.69) is 15.2 Å². The van der Waals surface area contributed by atoms with Gasteiger partial charge < -0.3 is 14.8 Å². The molecule has 0 atom stereocenters. The molecule has 0 spiro atoms. The molecule has 27 heavy (non-hydrogen) atoms. The van der Waals surface area contributed by atoms with E-state index in [1.54, 1.807) is 12.1 Å². The van der Waals surface area contributed by atoms with Crippen LogP contribution in [-0.4, -0.2) is 55.2 Å². The minimum Gasteiger partial charge on any atom is -0.476 e. The zero-order chi connectivity index (χ0) is 19.1. The molecule has 0 aliphatic carbocycles. The standard InChI is InChI=1S/C20H24ClN3O3/c1-15-2-3-16(18(21)12-15)13-23-20(25)17-4-5-19(22-14-17)27-11-8-24-6-9-26-10-7-24/h2-5,12,14H,6-11,13H2,1H3,(H,23,25). The molecule has 1 saturated heterocycles. The first-order valence-electron chi connectivity index (χ1n) is 9.04. The molecule has 1 aromatic carbocycles. The first-order valence-corrected chi connectivity index (χ1v) is 9.42. The summed E-state index contributed by atoms with van der Waals surface area (Å²) in [5.74, 6) is 0.320. The van der Waals surface area contributed by atoms with Crippen LogP contribution >= 0.6 is 11.6 Å². The van der Waals surface area contributed by atoms with Gasteiger partial charge in [0.25, 0.3) is 5.91 Å². The number of pyridine rings is 1. The van der Waals surface area contributed by atoms with E-state index >= 15 is 0 Å². The summed E-state index contributed by atoms with van der Waals surface area (Å²) in [7, 11) is 0. The SMILES string of the molecule is Cc1ccc(CNC(=O)c2ccc(OCCN3CCOCC3)nc2)c(Cl)c1. The second-order valence-corrected chi connectivity index (χ2v) is 6.87. The van der Waals surface area contributed by atoms with E-state index in [1.807, 2.05) is 25.1 Å². The number of amides is 1. The number of aromatic nitrogens is 1. The van der Waals surface area contributed by atoms with Crippen molar-refractivity contribution in [1.82, 2.24) is 15.2 Å². The lowest BCUT2D eigenvalue weighted by Crippen LogP contribution is -2.38. The van der Waals surface area contributed by atoms with Crippen molar-refractivity contribution >= 4 is 17.5 Å². The van der Waals surface area contributed by atoms with E-state index in [4.69, 9.17) is 21.1 Å². The lowest BCUT2D eigenvalue weighted by molar-refractivity contribution is 0.0320. The van der Waals surface area contributed by atoms with Crippen molar-refractivity contribution in [3.63, 3.8) is 0 Å². The molecule has 2 aromatic rings. The maximum absolute atomic E-state index is 12.3. The number of halogens is 1. The van der Waals surface area contributed by atoms with Crippen molar-refractivity contribution in [3.8, 4) is 5.88 Å². The Labute approximate surface area is 164 Å². The van der Waals surface area contributed by atoms with E-state index in [-0.39, 0.29) is 5.91 Å². The fourth-order valence-electron chi connectivity index (χ4n) is 2.78. The van der Waals surface area contributed by atoms with Gasteiger partial charge in [-0.15, -0.1) is 0 Å². The normalized spacial score (nSPS) is 14.7. The van der Waals surface area contributed by atoms with Gasteiger partial charge in [-0.25, -0.2) is 4.98 Å². The Bertz CT molecular complexity index is 762. The number of morpholine rings is 1. The fraction of sp³-hybridized carbons (Fsp3) is 0.400. The van der Waals surface area contributed by atoms with Crippen LogP contribution in [0, 0.1) is 6.92 Å². The second-order valence-electron chi connectivity index (χ2n) is 6.47. The lowest BCUT2D eigenvalue weighted by Gasteiger charge is -2.26. The number of nitrogens with one attached hydrogen (secondary N) is 1. The Morgan fingerprint density at radius 2 is 2.11 bits per heavy atom. The van der Waals surface area contributed by atoms with Gasteiger partial charge in [-0.1, -0.05) is 23.7 Å². The van der Waals surface area contributed by atoms with Crippen molar-refractivity contribution in [2.75, 3.05) is 39.5 Å². The summed E-state index contributed by atoms with van der Waals surface area (Å²) in [5, 5.41) is 3.51. The van der Waals surface area contributed by atoms with Gasteiger partial charge in [0, 0.05) is 43.5 Å². The summed E-state index contributed by atoms with van der Waals surface area (Å²) in [6, 6.07) is 9.20. The van der Waals surface area contributed by atoms with Crippen LogP contribution in [0.3, 0.4) is 0 Å². The Balaban J connectivity index is 1.45. The molecule has 0 bridgehead atoms. The second kappa shape index (κ2) is 9.69. The fourth-order valence-corrected chi connectivity index (χ4v) is 3.08. The monoisotopic (exact) mass is 389 g/mol. The van der Waals surface area contributed by atoms with Crippen molar-refractivity contribution in [1.29, 1.82) is 0 Å². The van der Waals surface area contributed by atoms with E-state index in [0.29, 0.717) is 29.6 Å². The summed E-state index contributed by atoms with van der Waals surface area (Å²) in [4.78, 5) is 18.8. The van der Waals surface area contributed by atoms with E-state index in [1.165, 1.54) is 6.20 Å². The van der Waals surface area contributed by atoms with Crippen LogP contribution < -0.4 is 10.1 Å². The quantitative estimate of drug-likeness (QED) is 0.788. The molecule has 144 valence electrons. The summed E-state index contributed by atoms with van der Waals surface area (Å²) in [6.45, 7) is 7.16. The molecule has 0 saturated carbocycles. The molecule has 1 aliphatic heterocycles. The predicted molar refractivity (Wildman–Crippen MR) is 104 cm³/mol. The molecule has 1 amide bonds. The Morgan fingerprint density at radius 3 is 2.81 bits per heavy atom. The molecular formula is C20H24ClN3O3. The van der Waals surface area contributed by atoms with Gasteiger partial charge in [-0.2, -0.15) is 0 Å². The predicted octanol–water partition coefficient (Wildman–Crippen LogP) is 2.68. The van der Waals surface area contributed by atoms with Crippen molar-refractivity contribution in [2.45, 2.75) is 13.5 Å². The van der Waals surface area contributed by atoms with Gasteiger partial charge in [-0.05, 0) is 30.2 Å². The van der Waals surface area contributed by atoms with Crippen molar-refractivity contribution in [3.05, 3.63) is 58.2 Å². The highest BCUT2D eigenvalue weighted by Crippen LogP contribution is 2.17. The molecule has 1 N–H and O–H groups in total. The average Bonchev–Trinajstić information content (AvgIpc) is 2.68. The third-order valence-electron chi connectivity index (χ3n) is 4.41. The molecule has 1 aromatic heterocycles. The number of aryl methyl sites for hydroxylation is 1. The highest BCUT2D eigenvalue weighted by molar-refractivity contribution is 6.31. The summed E-state index contributed by atoms with van der Waals surface area (Å²) >= 11 is 6.19. The van der Waals surface area contributed by atoms with Crippen LogP contribution in [0.25, 0.3) is 0 Å². The van der Waals surface area contributed by atoms with Gasteiger partial charge in [0.2, 0.25) is 5.88 Å².